The van der Waals surface area contributed by atoms with E-state index in [1.807, 2.05) is 24.3 Å². The second-order valence-corrected chi connectivity index (χ2v) is 5.32. The van der Waals surface area contributed by atoms with Crippen LogP contribution in [0.15, 0.2) is 42.0 Å². The smallest absolute Gasteiger partial charge is 0.308 e. The van der Waals surface area contributed by atoms with Crippen molar-refractivity contribution in [1.82, 2.24) is 0 Å². The highest BCUT2D eigenvalue weighted by atomic mass is 16.5. The van der Waals surface area contributed by atoms with Crippen molar-refractivity contribution >= 4 is 34.1 Å². The zero-order valence-electron chi connectivity index (χ0n) is 12.3. The summed E-state index contributed by atoms with van der Waals surface area (Å²) in [5.41, 5.74) is 1.47. The van der Waals surface area contributed by atoms with Gasteiger partial charge in [0.25, 0.3) is 0 Å². The predicted molar refractivity (Wildman–Crippen MR) is 82.3 cm³/mol. The van der Waals surface area contributed by atoms with E-state index in [9.17, 15) is 14.4 Å². The number of ketones is 2. The standard InChI is InChI=1S/C18H14O4/c1-10(19)9-15-17(21)13-7-3-5-12-6-4-8-14(16(12)13)18(15)22-11(2)20/h3-8H,9H2,1-2H3. The summed E-state index contributed by atoms with van der Waals surface area (Å²) in [4.78, 5) is 35.7. The van der Waals surface area contributed by atoms with E-state index in [1.54, 1.807) is 12.1 Å². The Hall–Kier alpha value is -2.75. The van der Waals surface area contributed by atoms with Crippen LogP contribution in [0.2, 0.25) is 0 Å². The van der Waals surface area contributed by atoms with Crippen molar-refractivity contribution in [2.45, 2.75) is 20.3 Å². The highest BCUT2D eigenvalue weighted by Gasteiger charge is 2.30. The molecule has 0 saturated carbocycles. The number of hydrogen-bond donors (Lipinski definition) is 0. The largest absolute Gasteiger partial charge is 0.426 e. The summed E-state index contributed by atoms with van der Waals surface area (Å²) in [5, 5.41) is 1.66. The van der Waals surface area contributed by atoms with Crippen LogP contribution in [0.1, 0.15) is 36.2 Å². The van der Waals surface area contributed by atoms with E-state index < -0.39 is 5.97 Å². The lowest BCUT2D eigenvalue weighted by Gasteiger charge is -2.21. The van der Waals surface area contributed by atoms with E-state index in [1.165, 1.54) is 13.8 Å². The van der Waals surface area contributed by atoms with Gasteiger partial charge < -0.3 is 4.74 Å². The van der Waals surface area contributed by atoms with Crippen LogP contribution in [0, 0.1) is 0 Å². The zero-order chi connectivity index (χ0) is 15.9. The molecule has 22 heavy (non-hydrogen) atoms. The van der Waals surface area contributed by atoms with Gasteiger partial charge in [0.2, 0.25) is 0 Å². The maximum Gasteiger partial charge on any atom is 0.308 e. The summed E-state index contributed by atoms with van der Waals surface area (Å²) in [7, 11) is 0. The van der Waals surface area contributed by atoms with Crippen LogP contribution < -0.4 is 0 Å². The Morgan fingerprint density at radius 3 is 2.23 bits per heavy atom. The fraction of sp³-hybridized carbons (Fsp3) is 0.167. The lowest BCUT2D eigenvalue weighted by Crippen LogP contribution is -2.17. The average molecular weight is 294 g/mol. The van der Waals surface area contributed by atoms with Gasteiger partial charge in [0.05, 0.1) is 5.57 Å². The Morgan fingerprint density at radius 2 is 1.64 bits per heavy atom. The molecular formula is C18H14O4. The van der Waals surface area contributed by atoms with Crippen molar-refractivity contribution in [2.75, 3.05) is 0 Å². The fourth-order valence-corrected chi connectivity index (χ4v) is 2.82. The third kappa shape index (κ3) is 2.22. The number of hydrogen-bond acceptors (Lipinski definition) is 4. The predicted octanol–water partition coefficient (Wildman–Crippen LogP) is 3.29. The minimum Gasteiger partial charge on any atom is -0.426 e. The quantitative estimate of drug-likeness (QED) is 0.815. The second kappa shape index (κ2) is 5.22. The molecule has 110 valence electrons. The molecule has 0 heterocycles. The van der Waals surface area contributed by atoms with Gasteiger partial charge in [-0.1, -0.05) is 36.4 Å². The maximum absolute atomic E-state index is 12.7. The molecule has 0 spiro atoms. The van der Waals surface area contributed by atoms with Gasteiger partial charge in [-0.3, -0.25) is 14.4 Å². The molecule has 0 saturated heterocycles. The van der Waals surface area contributed by atoms with Crippen molar-refractivity contribution in [2.24, 2.45) is 0 Å². The molecule has 1 aliphatic carbocycles. The Labute approximate surface area is 127 Å². The van der Waals surface area contributed by atoms with Gasteiger partial charge in [-0.05, 0) is 12.3 Å². The van der Waals surface area contributed by atoms with Crippen LogP contribution in [0.3, 0.4) is 0 Å². The highest BCUT2D eigenvalue weighted by Crippen LogP contribution is 2.38. The van der Waals surface area contributed by atoms with Gasteiger partial charge in [0.1, 0.15) is 11.5 Å². The summed E-state index contributed by atoms with van der Waals surface area (Å²) in [6.45, 7) is 2.69. The normalized spacial score (nSPS) is 13.5. The van der Waals surface area contributed by atoms with Crippen LogP contribution in [-0.4, -0.2) is 17.5 Å². The van der Waals surface area contributed by atoms with Gasteiger partial charge in [0, 0.05) is 29.9 Å². The van der Waals surface area contributed by atoms with E-state index in [0.717, 1.165) is 10.8 Å². The van der Waals surface area contributed by atoms with Gasteiger partial charge in [0.15, 0.2) is 5.78 Å². The third-order valence-corrected chi connectivity index (χ3v) is 3.61. The Kier molecular flexibility index (Phi) is 3.37. The van der Waals surface area contributed by atoms with E-state index in [2.05, 4.69) is 0 Å². The molecule has 0 amide bonds. The molecule has 0 aliphatic heterocycles. The zero-order valence-corrected chi connectivity index (χ0v) is 12.3. The van der Waals surface area contributed by atoms with E-state index in [0.29, 0.717) is 11.1 Å². The number of carbonyl (C=O) groups excluding carboxylic acids is 3. The van der Waals surface area contributed by atoms with Gasteiger partial charge in [-0.25, -0.2) is 0 Å². The molecule has 4 nitrogen and oxygen atoms in total. The summed E-state index contributed by atoms with van der Waals surface area (Å²) >= 11 is 0. The summed E-state index contributed by atoms with van der Waals surface area (Å²) < 4.78 is 5.29. The number of allylic oxidation sites excluding steroid dienone is 1. The molecule has 3 rings (SSSR count). The topological polar surface area (TPSA) is 60.4 Å². The first-order valence-electron chi connectivity index (χ1n) is 6.97. The van der Waals surface area contributed by atoms with Crippen molar-refractivity contribution in [3.63, 3.8) is 0 Å². The number of benzene rings is 2. The van der Waals surface area contributed by atoms with Crippen molar-refractivity contribution in [3.8, 4) is 0 Å². The van der Waals surface area contributed by atoms with Crippen molar-refractivity contribution in [1.29, 1.82) is 0 Å². The van der Waals surface area contributed by atoms with Gasteiger partial charge >= 0.3 is 5.97 Å². The van der Waals surface area contributed by atoms with E-state index >= 15 is 0 Å². The monoisotopic (exact) mass is 294 g/mol. The number of carbonyl (C=O) groups is 3. The Bertz CT molecular complexity index is 853. The van der Waals surface area contributed by atoms with Crippen LogP contribution in [0.25, 0.3) is 16.5 Å². The second-order valence-electron chi connectivity index (χ2n) is 5.32. The molecule has 1 aliphatic rings. The Morgan fingerprint density at radius 1 is 1.00 bits per heavy atom. The Balaban J connectivity index is 2.35. The van der Waals surface area contributed by atoms with Crippen LogP contribution in [0.5, 0.6) is 0 Å². The molecule has 0 N–H and O–H groups in total. The summed E-state index contributed by atoms with van der Waals surface area (Å²) in [5.74, 6) is -0.715. The minimum absolute atomic E-state index is 0.0494. The molecule has 0 aromatic heterocycles. The summed E-state index contributed by atoms with van der Waals surface area (Å²) in [6, 6.07) is 11.0. The third-order valence-electron chi connectivity index (χ3n) is 3.61. The lowest BCUT2D eigenvalue weighted by molar-refractivity contribution is -0.134. The van der Waals surface area contributed by atoms with Gasteiger partial charge in [-0.2, -0.15) is 0 Å². The molecule has 2 aromatic carbocycles. The molecule has 0 fully saturated rings. The van der Waals surface area contributed by atoms with Crippen LogP contribution >= 0.6 is 0 Å². The molecule has 2 aromatic rings. The molecule has 0 bridgehead atoms. The average Bonchev–Trinajstić information content (AvgIpc) is 2.47. The first-order valence-corrected chi connectivity index (χ1v) is 6.97. The first kappa shape index (κ1) is 14.2. The minimum atomic E-state index is -0.514. The van der Waals surface area contributed by atoms with Crippen molar-refractivity contribution in [3.05, 3.63) is 53.1 Å². The van der Waals surface area contributed by atoms with Crippen LogP contribution in [0.4, 0.5) is 0 Å². The number of esters is 1. The lowest BCUT2D eigenvalue weighted by atomic mass is 9.85. The SMILES string of the molecule is CC(=O)CC1=C(OC(C)=O)c2cccc3cccc(c23)C1=O. The fourth-order valence-electron chi connectivity index (χ4n) is 2.82. The molecule has 0 unspecified atom stereocenters. The van der Waals surface area contributed by atoms with Crippen molar-refractivity contribution < 1.29 is 19.1 Å². The van der Waals surface area contributed by atoms with Crippen LogP contribution in [-0.2, 0) is 14.3 Å². The number of rotatable bonds is 3. The highest BCUT2D eigenvalue weighted by molar-refractivity contribution is 6.25. The van der Waals surface area contributed by atoms with E-state index in [-0.39, 0.29) is 29.3 Å². The molecular weight excluding hydrogens is 280 g/mol. The molecule has 0 radical (unpaired) electrons. The number of Topliss-reactive ketones (excluding diaryl/α,β-unsaturated/α-hetero) is 2. The first-order chi connectivity index (χ1) is 10.5. The van der Waals surface area contributed by atoms with Gasteiger partial charge in [-0.15, -0.1) is 0 Å². The summed E-state index contributed by atoms with van der Waals surface area (Å²) in [6.07, 6.45) is -0.0494. The molecule has 4 heteroatoms. The molecule has 0 atom stereocenters. The van der Waals surface area contributed by atoms with E-state index in [4.69, 9.17) is 4.74 Å². The number of ether oxygens (including phenoxy) is 1. The maximum atomic E-state index is 12.7.